The van der Waals surface area contributed by atoms with Crippen molar-refractivity contribution >= 4 is 50.5 Å². The Labute approximate surface area is 176 Å². The third-order valence-corrected chi connectivity index (χ3v) is 6.12. The highest BCUT2D eigenvalue weighted by molar-refractivity contribution is 8.18. The first-order chi connectivity index (χ1) is 14.6. The molecule has 5 heteroatoms. The monoisotopic (exact) mass is 413 g/mol. The van der Waals surface area contributed by atoms with Gasteiger partial charge in [0.2, 0.25) is 0 Å². The molecule has 1 aliphatic rings. The molecule has 4 aromatic rings. The molecule has 1 saturated heterocycles. The molecule has 1 heterocycles. The van der Waals surface area contributed by atoms with E-state index in [-0.39, 0.29) is 23.5 Å². The van der Waals surface area contributed by atoms with Gasteiger partial charge in [-0.3, -0.25) is 14.5 Å². The molecular formula is C25H16FNO2S. The fourth-order valence-corrected chi connectivity index (χ4v) is 4.56. The van der Waals surface area contributed by atoms with Crippen molar-refractivity contribution in [1.82, 2.24) is 4.90 Å². The van der Waals surface area contributed by atoms with E-state index in [9.17, 15) is 14.0 Å². The van der Waals surface area contributed by atoms with Crippen LogP contribution in [0.15, 0.2) is 83.8 Å². The summed E-state index contributed by atoms with van der Waals surface area (Å²) in [7, 11) is 0. The molecule has 30 heavy (non-hydrogen) atoms. The van der Waals surface area contributed by atoms with Crippen molar-refractivity contribution in [2.75, 3.05) is 0 Å². The van der Waals surface area contributed by atoms with Crippen molar-refractivity contribution < 1.29 is 14.0 Å². The number of nitrogens with zero attached hydrogens (tertiary/aromatic N) is 1. The minimum atomic E-state index is -0.351. The SMILES string of the molecule is O=C1S/C(=C\c2c3ccccc3cc3ccccc23)C(=O)N1Cc1ccc(F)cc1. The average Bonchev–Trinajstić information content (AvgIpc) is 3.02. The molecule has 0 atom stereocenters. The second-order valence-electron chi connectivity index (χ2n) is 7.13. The maximum absolute atomic E-state index is 13.2. The number of imide groups is 1. The number of carbonyl (C=O) groups is 2. The minimum Gasteiger partial charge on any atom is -0.268 e. The van der Waals surface area contributed by atoms with Gasteiger partial charge in [-0.25, -0.2) is 4.39 Å². The minimum absolute atomic E-state index is 0.124. The molecule has 1 fully saturated rings. The maximum Gasteiger partial charge on any atom is 0.293 e. The highest BCUT2D eigenvalue weighted by Crippen LogP contribution is 2.37. The third kappa shape index (κ3) is 3.27. The van der Waals surface area contributed by atoms with E-state index in [1.165, 1.54) is 17.0 Å². The molecule has 1 aliphatic heterocycles. The lowest BCUT2D eigenvalue weighted by Crippen LogP contribution is -2.27. The van der Waals surface area contributed by atoms with Crippen LogP contribution in [0.3, 0.4) is 0 Å². The summed E-state index contributed by atoms with van der Waals surface area (Å²) in [4.78, 5) is 27.1. The number of hydrogen-bond acceptors (Lipinski definition) is 3. The first-order valence-electron chi connectivity index (χ1n) is 9.50. The Morgan fingerprint density at radius 2 is 1.43 bits per heavy atom. The summed E-state index contributed by atoms with van der Waals surface area (Å²) in [5.41, 5.74) is 1.63. The normalized spacial score (nSPS) is 15.6. The van der Waals surface area contributed by atoms with Crippen molar-refractivity contribution in [2.24, 2.45) is 0 Å². The van der Waals surface area contributed by atoms with Gasteiger partial charge in [0.25, 0.3) is 11.1 Å². The van der Waals surface area contributed by atoms with Crippen molar-refractivity contribution in [3.8, 4) is 0 Å². The van der Waals surface area contributed by atoms with Gasteiger partial charge in [-0.05, 0) is 68.7 Å². The molecule has 4 aromatic carbocycles. The standard InChI is InChI=1S/C25H16FNO2S/c26-19-11-9-16(10-12-19)15-27-24(28)23(30-25(27)29)14-22-20-7-3-1-5-17(20)13-18-6-2-4-8-21(18)22/h1-14H,15H2/b23-14-. The van der Waals surface area contributed by atoms with Crippen LogP contribution in [0.1, 0.15) is 11.1 Å². The van der Waals surface area contributed by atoms with Crippen LogP contribution in [-0.4, -0.2) is 16.0 Å². The zero-order valence-electron chi connectivity index (χ0n) is 15.8. The van der Waals surface area contributed by atoms with E-state index in [4.69, 9.17) is 0 Å². The van der Waals surface area contributed by atoms with Crippen molar-refractivity contribution in [3.63, 3.8) is 0 Å². The number of benzene rings is 4. The van der Waals surface area contributed by atoms with Crippen molar-refractivity contribution in [1.29, 1.82) is 0 Å². The van der Waals surface area contributed by atoms with Gasteiger partial charge >= 0.3 is 0 Å². The predicted molar refractivity (Wildman–Crippen MR) is 119 cm³/mol. The van der Waals surface area contributed by atoms with Gasteiger partial charge in [0.05, 0.1) is 11.4 Å². The van der Waals surface area contributed by atoms with E-state index >= 15 is 0 Å². The molecule has 0 saturated carbocycles. The first-order valence-corrected chi connectivity index (χ1v) is 10.3. The number of fused-ring (bicyclic) bond motifs is 2. The highest BCUT2D eigenvalue weighted by atomic mass is 32.2. The molecule has 5 rings (SSSR count). The highest BCUT2D eigenvalue weighted by Gasteiger charge is 2.35. The first kappa shape index (κ1) is 18.6. The quantitative estimate of drug-likeness (QED) is 0.289. The van der Waals surface area contributed by atoms with Crippen LogP contribution in [0.5, 0.6) is 0 Å². The number of halogens is 1. The van der Waals surface area contributed by atoms with Gasteiger partial charge in [0.15, 0.2) is 0 Å². The van der Waals surface area contributed by atoms with E-state index in [2.05, 4.69) is 6.07 Å². The Bertz CT molecular complexity index is 1290. The van der Waals surface area contributed by atoms with E-state index in [1.807, 2.05) is 54.6 Å². The predicted octanol–water partition coefficient (Wildman–Crippen LogP) is 6.37. The largest absolute Gasteiger partial charge is 0.293 e. The number of hydrogen-bond donors (Lipinski definition) is 0. The van der Waals surface area contributed by atoms with Gasteiger partial charge in [-0.2, -0.15) is 0 Å². The zero-order valence-corrected chi connectivity index (χ0v) is 16.7. The molecule has 0 unspecified atom stereocenters. The van der Waals surface area contributed by atoms with Crippen molar-refractivity contribution in [2.45, 2.75) is 6.54 Å². The lowest BCUT2D eigenvalue weighted by atomic mass is 9.96. The van der Waals surface area contributed by atoms with Gasteiger partial charge in [-0.1, -0.05) is 60.7 Å². The van der Waals surface area contributed by atoms with Gasteiger partial charge < -0.3 is 0 Å². The van der Waals surface area contributed by atoms with Crippen LogP contribution in [0.2, 0.25) is 0 Å². The second-order valence-corrected chi connectivity index (χ2v) is 8.12. The summed E-state index contributed by atoms with van der Waals surface area (Å²) in [6.07, 6.45) is 1.82. The van der Waals surface area contributed by atoms with E-state index in [1.54, 1.807) is 12.1 Å². The number of carbonyl (C=O) groups excluding carboxylic acids is 2. The summed E-state index contributed by atoms with van der Waals surface area (Å²) in [5, 5.41) is 3.89. The van der Waals surface area contributed by atoms with Crippen LogP contribution in [0.25, 0.3) is 27.6 Å². The third-order valence-electron chi connectivity index (χ3n) is 5.22. The van der Waals surface area contributed by atoms with Crippen LogP contribution < -0.4 is 0 Å². The summed E-state index contributed by atoms with van der Waals surface area (Å²) in [6.45, 7) is 0.124. The Kier molecular flexibility index (Phi) is 4.60. The summed E-state index contributed by atoms with van der Waals surface area (Å²) < 4.78 is 13.2. The molecule has 0 aromatic heterocycles. The lowest BCUT2D eigenvalue weighted by Gasteiger charge is -2.12. The van der Waals surface area contributed by atoms with Gasteiger partial charge in [-0.15, -0.1) is 0 Å². The fraction of sp³-hybridized carbons (Fsp3) is 0.0400. The fourth-order valence-electron chi connectivity index (χ4n) is 3.74. The van der Waals surface area contributed by atoms with Crippen LogP contribution in [-0.2, 0) is 11.3 Å². The molecule has 3 nitrogen and oxygen atoms in total. The average molecular weight is 413 g/mol. The second kappa shape index (κ2) is 7.43. The molecular weight excluding hydrogens is 397 g/mol. The van der Waals surface area contributed by atoms with E-state index in [0.29, 0.717) is 10.5 Å². The van der Waals surface area contributed by atoms with Crippen LogP contribution in [0.4, 0.5) is 9.18 Å². The maximum atomic E-state index is 13.2. The van der Waals surface area contributed by atoms with E-state index in [0.717, 1.165) is 38.9 Å². The Hall–Kier alpha value is -3.44. The number of thioether (sulfide) groups is 1. The van der Waals surface area contributed by atoms with Crippen LogP contribution in [0, 0.1) is 5.82 Å². The Balaban J connectivity index is 1.58. The molecule has 0 bridgehead atoms. The molecule has 0 aliphatic carbocycles. The molecule has 0 N–H and O–H groups in total. The lowest BCUT2D eigenvalue weighted by molar-refractivity contribution is -0.123. The molecule has 146 valence electrons. The van der Waals surface area contributed by atoms with Gasteiger partial charge in [0, 0.05) is 0 Å². The number of amides is 2. The topological polar surface area (TPSA) is 37.4 Å². The van der Waals surface area contributed by atoms with E-state index < -0.39 is 0 Å². The Morgan fingerprint density at radius 1 is 0.833 bits per heavy atom. The summed E-state index contributed by atoms with van der Waals surface area (Å²) in [6, 6.07) is 24.0. The zero-order chi connectivity index (χ0) is 20.7. The number of rotatable bonds is 3. The summed E-state index contributed by atoms with van der Waals surface area (Å²) in [5.74, 6) is -0.679. The molecule has 2 amide bonds. The molecule has 0 radical (unpaired) electrons. The Morgan fingerprint density at radius 3 is 2.07 bits per heavy atom. The summed E-state index contributed by atoms with van der Waals surface area (Å²) >= 11 is 0.941. The van der Waals surface area contributed by atoms with Crippen LogP contribution >= 0.6 is 11.8 Å². The van der Waals surface area contributed by atoms with Gasteiger partial charge in [0.1, 0.15) is 5.82 Å². The molecule has 0 spiro atoms. The smallest absolute Gasteiger partial charge is 0.268 e. The van der Waals surface area contributed by atoms with Crippen molar-refractivity contribution in [3.05, 3.63) is 101 Å².